The average molecular weight is 373 g/mol. The average Bonchev–Trinajstić information content (AvgIpc) is 3.16. The van der Waals surface area contributed by atoms with E-state index in [1.807, 2.05) is 0 Å². The fourth-order valence-corrected chi connectivity index (χ4v) is 7.86. The minimum absolute atomic E-state index is 0.128. The highest BCUT2D eigenvalue weighted by Crippen LogP contribution is 2.69. The summed E-state index contributed by atoms with van der Waals surface area (Å²) in [6, 6.07) is 0. The molecule has 4 heteroatoms. The molecule has 0 bridgehead atoms. The highest BCUT2D eigenvalue weighted by molar-refractivity contribution is 5.85. The molecule has 3 fully saturated rings. The summed E-state index contributed by atoms with van der Waals surface area (Å²) >= 11 is 0. The van der Waals surface area contributed by atoms with E-state index < -0.39 is 5.60 Å². The third-order valence-corrected chi connectivity index (χ3v) is 9.41. The number of rotatable bonds is 1. The summed E-state index contributed by atoms with van der Waals surface area (Å²) in [6.45, 7) is 5.06. The molecule has 0 aromatic rings. The van der Waals surface area contributed by atoms with Crippen LogP contribution in [-0.2, 0) is 9.53 Å². The van der Waals surface area contributed by atoms with Crippen molar-refractivity contribution in [2.24, 2.45) is 28.6 Å². The van der Waals surface area contributed by atoms with Crippen LogP contribution in [0.3, 0.4) is 0 Å². The maximum Gasteiger partial charge on any atom is 0.331 e. The second-order valence-electron chi connectivity index (χ2n) is 10.3. The Labute approximate surface area is 161 Å². The van der Waals surface area contributed by atoms with Crippen molar-refractivity contribution in [1.82, 2.24) is 0 Å². The summed E-state index contributed by atoms with van der Waals surface area (Å²) in [4.78, 5) is 11.6. The molecule has 0 amide bonds. The Morgan fingerprint density at radius 2 is 1.89 bits per heavy atom. The van der Waals surface area contributed by atoms with Crippen molar-refractivity contribution in [2.75, 3.05) is 6.61 Å². The summed E-state index contributed by atoms with van der Waals surface area (Å²) in [5, 5.41) is 22.2. The zero-order chi connectivity index (χ0) is 19.0. The number of allylic oxidation sites excluding steroid dienone is 1. The zero-order valence-corrected chi connectivity index (χ0v) is 16.5. The smallest absolute Gasteiger partial charge is 0.331 e. The van der Waals surface area contributed by atoms with Gasteiger partial charge in [0.2, 0.25) is 0 Å². The Morgan fingerprint density at radius 1 is 1.07 bits per heavy atom. The normalized spacial score (nSPS) is 51.6. The number of aliphatic hydroxyl groups is 2. The van der Waals surface area contributed by atoms with Gasteiger partial charge in [-0.2, -0.15) is 0 Å². The molecular weight excluding hydrogens is 340 g/mol. The Bertz CT molecular complexity index is 739. The molecule has 27 heavy (non-hydrogen) atoms. The van der Waals surface area contributed by atoms with Gasteiger partial charge in [-0.15, -0.1) is 0 Å². The van der Waals surface area contributed by atoms with Gasteiger partial charge in [0.15, 0.2) is 0 Å². The number of carbonyl (C=O) groups is 1. The van der Waals surface area contributed by atoms with Crippen molar-refractivity contribution < 1.29 is 19.7 Å². The van der Waals surface area contributed by atoms with Crippen molar-refractivity contribution >= 4 is 5.97 Å². The van der Waals surface area contributed by atoms with Crippen LogP contribution in [0.15, 0.2) is 23.3 Å². The molecular formula is C23H32O4. The van der Waals surface area contributed by atoms with E-state index in [-0.39, 0.29) is 28.8 Å². The predicted molar refractivity (Wildman–Crippen MR) is 102 cm³/mol. The first-order valence-corrected chi connectivity index (χ1v) is 10.8. The number of ether oxygens (including phenoxy) is 1. The Kier molecular flexibility index (Phi) is 3.78. The highest BCUT2D eigenvalue weighted by Gasteiger charge is 2.67. The summed E-state index contributed by atoms with van der Waals surface area (Å²) in [6.07, 6.45) is 11.3. The lowest BCUT2D eigenvalue weighted by Gasteiger charge is -2.61. The monoisotopic (exact) mass is 372 g/mol. The molecule has 3 saturated carbocycles. The quantitative estimate of drug-likeness (QED) is 0.546. The molecule has 2 N–H and O–H groups in total. The van der Waals surface area contributed by atoms with Gasteiger partial charge >= 0.3 is 5.97 Å². The van der Waals surface area contributed by atoms with Gasteiger partial charge in [-0.3, -0.25) is 0 Å². The Hall–Kier alpha value is -1.13. The van der Waals surface area contributed by atoms with Crippen LogP contribution in [0.5, 0.6) is 0 Å². The molecule has 7 atom stereocenters. The van der Waals surface area contributed by atoms with Crippen molar-refractivity contribution in [3.05, 3.63) is 23.3 Å². The van der Waals surface area contributed by atoms with E-state index in [0.717, 1.165) is 56.9 Å². The molecule has 148 valence electrons. The molecule has 0 spiro atoms. The van der Waals surface area contributed by atoms with Crippen molar-refractivity contribution in [3.8, 4) is 0 Å². The van der Waals surface area contributed by atoms with Crippen LogP contribution >= 0.6 is 0 Å². The fraction of sp³-hybridized carbons (Fsp3) is 0.783. The largest absolute Gasteiger partial charge is 0.458 e. The van der Waals surface area contributed by atoms with Crippen LogP contribution in [0, 0.1) is 28.6 Å². The third kappa shape index (κ3) is 2.26. The number of hydrogen-bond donors (Lipinski definition) is 2. The van der Waals surface area contributed by atoms with Crippen molar-refractivity contribution in [2.45, 2.75) is 76.9 Å². The van der Waals surface area contributed by atoms with Crippen LogP contribution in [0.2, 0.25) is 0 Å². The maximum absolute atomic E-state index is 12.1. The van der Waals surface area contributed by atoms with Gasteiger partial charge in [0.05, 0.1) is 11.7 Å². The summed E-state index contributed by atoms with van der Waals surface area (Å²) < 4.78 is 5.19. The van der Waals surface area contributed by atoms with Gasteiger partial charge in [0.25, 0.3) is 0 Å². The molecule has 0 aromatic carbocycles. The predicted octanol–water partition coefficient (Wildman–Crippen LogP) is 3.52. The second-order valence-corrected chi connectivity index (χ2v) is 10.3. The van der Waals surface area contributed by atoms with Gasteiger partial charge in [-0.25, -0.2) is 4.79 Å². The van der Waals surface area contributed by atoms with Crippen LogP contribution in [0.1, 0.15) is 65.2 Å². The van der Waals surface area contributed by atoms with Gasteiger partial charge < -0.3 is 14.9 Å². The lowest BCUT2D eigenvalue weighted by Crippen LogP contribution is -2.60. The van der Waals surface area contributed by atoms with Crippen LogP contribution in [-0.4, -0.2) is 34.5 Å². The van der Waals surface area contributed by atoms with E-state index >= 15 is 0 Å². The van der Waals surface area contributed by atoms with Crippen LogP contribution < -0.4 is 0 Å². The molecule has 0 unspecified atom stereocenters. The van der Waals surface area contributed by atoms with E-state index in [4.69, 9.17) is 4.74 Å². The van der Waals surface area contributed by atoms with Gasteiger partial charge in [-0.1, -0.05) is 25.5 Å². The molecule has 5 aliphatic rings. The fourth-order valence-electron chi connectivity index (χ4n) is 7.86. The van der Waals surface area contributed by atoms with Gasteiger partial charge in [0, 0.05) is 11.5 Å². The Balaban J connectivity index is 1.50. The zero-order valence-electron chi connectivity index (χ0n) is 16.5. The van der Waals surface area contributed by atoms with E-state index in [0.29, 0.717) is 18.4 Å². The summed E-state index contributed by atoms with van der Waals surface area (Å²) in [7, 11) is 0. The van der Waals surface area contributed by atoms with E-state index in [1.54, 1.807) is 6.08 Å². The minimum atomic E-state index is -0.655. The summed E-state index contributed by atoms with van der Waals surface area (Å²) in [5.74, 6) is 0.848. The number of aliphatic hydroxyl groups excluding tert-OH is 1. The lowest BCUT2D eigenvalue weighted by atomic mass is 9.45. The minimum Gasteiger partial charge on any atom is -0.458 e. The number of fused-ring (bicyclic) bond motifs is 5. The van der Waals surface area contributed by atoms with Crippen molar-refractivity contribution in [3.63, 3.8) is 0 Å². The lowest BCUT2D eigenvalue weighted by molar-refractivity contribution is -0.181. The summed E-state index contributed by atoms with van der Waals surface area (Å²) in [5.41, 5.74) is 1.84. The van der Waals surface area contributed by atoms with Crippen molar-refractivity contribution in [1.29, 1.82) is 0 Å². The molecule has 0 radical (unpaired) electrons. The number of cyclic esters (lactones) is 1. The third-order valence-electron chi connectivity index (χ3n) is 9.41. The SMILES string of the molecule is C[C@]12CC[C@@H](O)C=C1CC[C@@H]1[C@@H]2CC[C@]2(C)[C@@H](C3=CC(=O)OC3)CC[C@@]12O. The van der Waals surface area contributed by atoms with E-state index in [9.17, 15) is 15.0 Å². The number of carbonyl (C=O) groups excluding carboxylic acids is 1. The molecule has 4 aliphatic carbocycles. The molecule has 0 aromatic heterocycles. The molecule has 0 saturated heterocycles. The molecule has 1 aliphatic heterocycles. The van der Waals surface area contributed by atoms with E-state index in [1.165, 1.54) is 5.57 Å². The van der Waals surface area contributed by atoms with Crippen LogP contribution in [0.25, 0.3) is 0 Å². The highest BCUT2D eigenvalue weighted by atomic mass is 16.5. The number of esters is 1. The van der Waals surface area contributed by atoms with E-state index in [2.05, 4.69) is 19.9 Å². The molecule has 4 nitrogen and oxygen atoms in total. The first-order valence-electron chi connectivity index (χ1n) is 10.8. The van der Waals surface area contributed by atoms with Gasteiger partial charge in [0.1, 0.15) is 6.61 Å². The Morgan fingerprint density at radius 3 is 2.63 bits per heavy atom. The topological polar surface area (TPSA) is 66.8 Å². The second kappa shape index (κ2) is 5.70. The maximum atomic E-state index is 12.1. The molecule has 5 rings (SSSR count). The molecule has 1 heterocycles. The number of hydrogen-bond acceptors (Lipinski definition) is 4. The first kappa shape index (κ1) is 17.9. The van der Waals surface area contributed by atoms with Gasteiger partial charge in [-0.05, 0) is 80.1 Å². The van der Waals surface area contributed by atoms with Crippen LogP contribution in [0.4, 0.5) is 0 Å². The standard InChI is InChI=1S/C23H32O4/c1-21-8-5-16(24)12-15(21)3-4-19-18(21)6-9-22(2)17(7-10-23(19,22)26)14-11-20(25)27-13-14/h11-12,16-19,24,26H,3-10,13H2,1-2H3/t16-,17-,18+,19-,21+,22-,23-/m1/s1. The first-order chi connectivity index (χ1) is 12.8.